The van der Waals surface area contributed by atoms with E-state index in [9.17, 15) is 4.79 Å². The van der Waals surface area contributed by atoms with Gasteiger partial charge in [0.2, 0.25) is 0 Å². The lowest BCUT2D eigenvalue weighted by Gasteiger charge is -2.15. The molecule has 0 fully saturated rings. The normalized spacial score (nSPS) is 10.1. The van der Waals surface area contributed by atoms with Crippen molar-refractivity contribution < 1.29 is 9.53 Å². The maximum Gasteiger partial charge on any atom is 0.269 e. The molecule has 3 N–H and O–H groups in total. The van der Waals surface area contributed by atoms with Gasteiger partial charge in [-0.2, -0.15) is 0 Å². The molecule has 0 unspecified atom stereocenters. The number of carbonyl (C=O) groups excluding carboxylic acids is 1. The van der Waals surface area contributed by atoms with Gasteiger partial charge >= 0.3 is 0 Å². The Bertz CT molecular complexity index is 491. The van der Waals surface area contributed by atoms with Gasteiger partial charge in [0.1, 0.15) is 5.69 Å². The van der Waals surface area contributed by atoms with Gasteiger partial charge < -0.3 is 20.7 Å². The lowest BCUT2D eigenvalue weighted by Crippen LogP contribution is -2.34. The van der Waals surface area contributed by atoms with Gasteiger partial charge in [-0.25, -0.2) is 4.98 Å². The van der Waals surface area contributed by atoms with Crippen molar-refractivity contribution in [3.8, 4) is 11.8 Å². The highest BCUT2D eigenvalue weighted by atomic mass is 16.5. The predicted octanol–water partition coefficient (Wildman–Crippen LogP) is -0.300. The third-order valence-corrected chi connectivity index (χ3v) is 2.79. The van der Waals surface area contributed by atoms with E-state index in [4.69, 9.17) is 10.5 Å². The molecule has 0 saturated heterocycles. The second kappa shape index (κ2) is 9.88. The molecule has 6 nitrogen and oxygen atoms in total. The molecule has 0 saturated carbocycles. The Balaban J connectivity index is 2.38. The van der Waals surface area contributed by atoms with Gasteiger partial charge in [0.05, 0.1) is 13.2 Å². The van der Waals surface area contributed by atoms with E-state index in [0.29, 0.717) is 25.4 Å². The third-order valence-electron chi connectivity index (χ3n) is 2.79. The van der Waals surface area contributed by atoms with E-state index < -0.39 is 0 Å². The summed E-state index contributed by atoms with van der Waals surface area (Å²) in [6.07, 6.45) is 1.57. The van der Waals surface area contributed by atoms with Crippen LogP contribution in [-0.2, 0) is 4.74 Å². The van der Waals surface area contributed by atoms with Crippen molar-refractivity contribution in [1.82, 2.24) is 15.2 Å². The third kappa shape index (κ3) is 6.86. The summed E-state index contributed by atoms with van der Waals surface area (Å²) in [7, 11) is 3.65. The van der Waals surface area contributed by atoms with Crippen LogP contribution in [0.25, 0.3) is 0 Å². The van der Waals surface area contributed by atoms with Crippen molar-refractivity contribution in [3.05, 3.63) is 29.6 Å². The molecular weight excluding hydrogens is 268 g/mol. The minimum absolute atomic E-state index is 0.187. The van der Waals surface area contributed by atoms with Crippen LogP contribution in [0.15, 0.2) is 18.3 Å². The number of nitrogens with one attached hydrogen (secondary N) is 1. The zero-order chi connectivity index (χ0) is 15.5. The number of ether oxygens (including phenoxy) is 1. The molecule has 0 radical (unpaired) electrons. The van der Waals surface area contributed by atoms with Gasteiger partial charge in [0, 0.05) is 38.5 Å². The molecule has 0 aliphatic rings. The number of hydrogen-bond donors (Lipinski definition) is 2. The van der Waals surface area contributed by atoms with Crippen molar-refractivity contribution in [2.24, 2.45) is 5.73 Å². The fourth-order valence-corrected chi connectivity index (χ4v) is 1.56. The van der Waals surface area contributed by atoms with Crippen molar-refractivity contribution in [2.75, 3.05) is 46.9 Å². The molecule has 0 aliphatic heterocycles. The van der Waals surface area contributed by atoms with Crippen LogP contribution < -0.4 is 11.1 Å². The number of pyridine rings is 1. The number of rotatable bonds is 7. The molecular formula is C15H22N4O2. The minimum atomic E-state index is -0.187. The first-order valence-corrected chi connectivity index (χ1v) is 6.78. The Morgan fingerprint density at radius 2 is 2.29 bits per heavy atom. The highest BCUT2D eigenvalue weighted by molar-refractivity contribution is 5.92. The molecule has 6 heteroatoms. The fourth-order valence-electron chi connectivity index (χ4n) is 1.56. The molecule has 114 valence electrons. The van der Waals surface area contributed by atoms with Gasteiger partial charge in [-0.1, -0.05) is 11.8 Å². The maximum absolute atomic E-state index is 11.9. The van der Waals surface area contributed by atoms with E-state index >= 15 is 0 Å². The lowest BCUT2D eigenvalue weighted by molar-refractivity contribution is 0.0942. The first-order chi connectivity index (χ1) is 10.2. The topological polar surface area (TPSA) is 80.5 Å². The number of methoxy groups -OCH3 is 1. The van der Waals surface area contributed by atoms with Crippen LogP contribution >= 0.6 is 0 Å². The Morgan fingerprint density at radius 1 is 1.48 bits per heavy atom. The molecule has 0 bridgehead atoms. The van der Waals surface area contributed by atoms with Gasteiger partial charge in [-0.05, 0) is 19.2 Å². The van der Waals surface area contributed by atoms with Gasteiger partial charge in [-0.15, -0.1) is 0 Å². The Morgan fingerprint density at radius 3 is 2.90 bits per heavy atom. The second-order valence-corrected chi connectivity index (χ2v) is 4.49. The van der Waals surface area contributed by atoms with E-state index in [0.717, 1.165) is 18.7 Å². The van der Waals surface area contributed by atoms with Crippen LogP contribution in [0, 0.1) is 11.8 Å². The Hall–Kier alpha value is -1.94. The van der Waals surface area contributed by atoms with E-state index in [1.807, 2.05) is 7.05 Å². The molecule has 1 heterocycles. The molecule has 0 atom stereocenters. The molecule has 0 aromatic carbocycles. The quantitative estimate of drug-likeness (QED) is 0.674. The zero-order valence-electron chi connectivity index (χ0n) is 12.6. The SMILES string of the molecule is COCCN(C)CCNC(=O)c1ccc(C#CCN)cn1. The number of likely N-dealkylation sites (N-methyl/N-ethyl adjacent to an activating group) is 1. The van der Waals surface area contributed by atoms with Crippen molar-refractivity contribution in [2.45, 2.75) is 0 Å². The van der Waals surface area contributed by atoms with Gasteiger partial charge in [-0.3, -0.25) is 4.79 Å². The average Bonchev–Trinajstić information content (AvgIpc) is 2.51. The number of nitrogens with two attached hydrogens (primary N) is 1. The molecule has 1 aromatic rings. The number of carbonyl (C=O) groups is 1. The van der Waals surface area contributed by atoms with E-state index in [-0.39, 0.29) is 5.91 Å². The van der Waals surface area contributed by atoms with Gasteiger partial charge in [0.15, 0.2) is 0 Å². The Labute approximate surface area is 125 Å². The standard InChI is InChI=1S/C15H22N4O2/c1-19(10-11-21-2)9-8-17-15(20)14-6-5-13(12-18-14)4-3-7-16/h5-6,12H,7-11,16H2,1-2H3,(H,17,20). The number of amides is 1. The summed E-state index contributed by atoms with van der Waals surface area (Å²) in [6.45, 7) is 3.14. The van der Waals surface area contributed by atoms with Crippen LogP contribution in [0.1, 0.15) is 16.1 Å². The predicted molar refractivity (Wildman–Crippen MR) is 81.9 cm³/mol. The maximum atomic E-state index is 11.9. The van der Waals surface area contributed by atoms with E-state index in [2.05, 4.69) is 27.0 Å². The molecule has 1 amide bonds. The summed E-state index contributed by atoms with van der Waals surface area (Å²) < 4.78 is 4.99. The van der Waals surface area contributed by atoms with Gasteiger partial charge in [0.25, 0.3) is 5.91 Å². The Kier molecular flexibility index (Phi) is 8.05. The van der Waals surface area contributed by atoms with E-state index in [1.165, 1.54) is 0 Å². The largest absolute Gasteiger partial charge is 0.383 e. The van der Waals surface area contributed by atoms with Crippen molar-refractivity contribution in [1.29, 1.82) is 0 Å². The summed E-state index contributed by atoms with van der Waals surface area (Å²) in [5, 5.41) is 2.83. The highest BCUT2D eigenvalue weighted by Crippen LogP contribution is 1.98. The second-order valence-electron chi connectivity index (χ2n) is 4.49. The highest BCUT2D eigenvalue weighted by Gasteiger charge is 2.06. The first-order valence-electron chi connectivity index (χ1n) is 6.78. The number of nitrogens with zero attached hydrogens (tertiary/aromatic N) is 2. The van der Waals surface area contributed by atoms with Crippen LogP contribution in [-0.4, -0.2) is 62.7 Å². The minimum Gasteiger partial charge on any atom is -0.383 e. The molecule has 1 rings (SSSR count). The van der Waals surface area contributed by atoms with Crippen LogP contribution in [0.2, 0.25) is 0 Å². The zero-order valence-corrected chi connectivity index (χ0v) is 12.6. The molecule has 0 spiro atoms. The van der Waals surface area contributed by atoms with Crippen molar-refractivity contribution in [3.63, 3.8) is 0 Å². The van der Waals surface area contributed by atoms with Crippen LogP contribution in [0.4, 0.5) is 0 Å². The number of hydrogen-bond acceptors (Lipinski definition) is 5. The number of aromatic nitrogens is 1. The van der Waals surface area contributed by atoms with Crippen LogP contribution in [0.3, 0.4) is 0 Å². The monoisotopic (exact) mass is 290 g/mol. The molecule has 0 aliphatic carbocycles. The summed E-state index contributed by atoms with van der Waals surface area (Å²) in [4.78, 5) is 18.1. The smallest absolute Gasteiger partial charge is 0.269 e. The first kappa shape index (κ1) is 17.1. The average molecular weight is 290 g/mol. The van der Waals surface area contributed by atoms with E-state index in [1.54, 1.807) is 25.4 Å². The molecule has 1 aromatic heterocycles. The summed E-state index contributed by atoms with van der Waals surface area (Å²) >= 11 is 0. The summed E-state index contributed by atoms with van der Waals surface area (Å²) in [6, 6.07) is 3.42. The molecule has 21 heavy (non-hydrogen) atoms. The summed E-state index contributed by atoms with van der Waals surface area (Å²) in [5.41, 5.74) is 6.42. The fraction of sp³-hybridized carbons (Fsp3) is 0.467. The lowest BCUT2D eigenvalue weighted by atomic mass is 10.2. The van der Waals surface area contributed by atoms with Crippen molar-refractivity contribution >= 4 is 5.91 Å². The van der Waals surface area contributed by atoms with Crippen LogP contribution in [0.5, 0.6) is 0 Å². The summed E-state index contributed by atoms with van der Waals surface area (Å²) in [5.74, 6) is 5.41.